The van der Waals surface area contributed by atoms with Crippen molar-refractivity contribution in [3.63, 3.8) is 0 Å². The Hall–Kier alpha value is -3.01. The van der Waals surface area contributed by atoms with Gasteiger partial charge in [0.1, 0.15) is 6.54 Å². The predicted molar refractivity (Wildman–Crippen MR) is 118 cm³/mol. The molecule has 0 unspecified atom stereocenters. The summed E-state index contributed by atoms with van der Waals surface area (Å²) in [6.07, 6.45) is 3.38. The van der Waals surface area contributed by atoms with E-state index in [0.717, 1.165) is 29.5 Å². The smallest absolute Gasteiger partial charge is 0.341 e. The molecular formula is C22H26N2O7S. The van der Waals surface area contributed by atoms with Gasteiger partial charge in [-0.2, -0.15) is 0 Å². The van der Waals surface area contributed by atoms with Gasteiger partial charge < -0.3 is 19.5 Å². The lowest BCUT2D eigenvalue weighted by atomic mass is 9.99. The quantitative estimate of drug-likeness (QED) is 0.587. The second kappa shape index (κ2) is 10.5. The number of carboxylic acids is 1. The van der Waals surface area contributed by atoms with Crippen LogP contribution in [0.3, 0.4) is 0 Å². The fraction of sp³-hybridized carbons (Fsp3) is 0.455. The number of hydrogen-bond acceptors (Lipinski definition) is 7. The van der Waals surface area contributed by atoms with Crippen LogP contribution in [-0.4, -0.2) is 70.8 Å². The van der Waals surface area contributed by atoms with Crippen LogP contribution in [0.1, 0.15) is 32.3 Å². The molecule has 0 atom stereocenters. The molecule has 2 aliphatic heterocycles. The molecule has 2 heterocycles. The summed E-state index contributed by atoms with van der Waals surface area (Å²) in [4.78, 5) is 51.4. The number of nitrogens with zero attached hydrogens (tertiary/aromatic N) is 2. The maximum atomic E-state index is 12.8. The highest BCUT2D eigenvalue weighted by Gasteiger charge is 2.37. The molecule has 32 heavy (non-hydrogen) atoms. The lowest BCUT2D eigenvalue weighted by Crippen LogP contribution is -2.45. The predicted octanol–water partition coefficient (Wildman–Crippen LogP) is 2.84. The molecule has 1 N–H and O–H groups in total. The molecule has 3 amide bonds. The summed E-state index contributed by atoms with van der Waals surface area (Å²) < 4.78 is 10.7. The van der Waals surface area contributed by atoms with Crippen molar-refractivity contribution in [3.05, 3.63) is 28.7 Å². The van der Waals surface area contributed by atoms with Crippen molar-refractivity contribution in [1.82, 2.24) is 9.80 Å². The first-order valence-corrected chi connectivity index (χ1v) is 11.2. The Morgan fingerprint density at radius 3 is 2.56 bits per heavy atom. The van der Waals surface area contributed by atoms with Gasteiger partial charge in [0.25, 0.3) is 11.1 Å². The highest BCUT2D eigenvalue weighted by molar-refractivity contribution is 8.18. The van der Waals surface area contributed by atoms with Crippen LogP contribution >= 0.6 is 11.8 Å². The number of aliphatic carboxylic acids is 1. The molecule has 0 spiro atoms. The summed E-state index contributed by atoms with van der Waals surface area (Å²) in [5.74, 6) is -0.681. The molecule has 0 bridgehead atoms. The van der Waals surface area contributed by atoms with E-state index in [9.17, 15) is 19.2 Å². The zero-order valence-corrected chi connectivity index (χ0v) is 18.9. The van der Waals surface area contributed by atoms with Gasteiger partial charge >= 0.3 is 5.97 Å². The van der Waals surface area contributed by atoms with Gasteiger partial charge in [-0.1, -0.05) is 13.0 Å². The van der Waals surface area contributed by atoms with Crippen molar-refractivity contribution in [3.8, 4) is 11.5 Å². The van der Waals surface area contributed by atoms with E-state index in [1.54, 1.807) is 36.1 Å². The summed E-state index contributed by atoms with van der Waals surface area (Å²) in [6, 6.07) is 4.79. The minimum absolute atomic E-state index is 0.205. The maximum absolute atomic E-state index is 12.8. The molecule has 2 saturated heterocycles. The number of piperidine rings is 1. The number of likely N-dealkylation sites (tertiary alicyclic amines) is 1. The summed E-state index contributed by atoms with van der Waals surface area (Å²) in [6.45, 7) is 4.76. The van der Waals surface area contributed by atoms with Crippen LogP contribution in [0.25, 0.3) is 6.08 Å². The van der Waals surface area contributed by atoms with Crippen LogP contribution in [0.2, 0.25) is 0 Å². The minimum atomic E-state index is -1.11. The van der Waals surface area contributed by atoms with Gasteiger partial charge in [-0.15, -0.1) is 0 Å². The van der Waals surface area contributed by atoms with Gasteiger partial charge in [0, 0.05) is 13.1 Å². The lowest BCUT2D eigenvalue weighted by Gasteiger charge is -2.31. The molecule has 1 aromatic rings. The van der Waals surface area contributed by atoms with E-state index in [2.05, 4.69) is 6.92 Å². The Bertz CT molecular complexity index is 938. The summed E-state index contributed by atoms with van der Waals surface area (Å²) in [5, 5.41) is 8.32. The molecule has 0 aromatic heterocycles. The Morgan fingerprint density at radius 1 is 1.19 bits per heavy atom. The topological polar surface area (TPSA) is 113 Å². The third kappa shape index (κ3) is 5.82. The van der Waals surface area contributed by atoms with Gasteiger partial charge in [0.15, 0.2) is 18.1 Å². The standard InChI is InChI=1S/C22H26N2O7S/c1-3-30-17-10-15(4-5-16(17)31-13-20(26)27)11-18-21(28)24(22(29)32-18)12-19(25)23-8-6-14(2)7-9-23/h4-5,10-11,14H,3,6-9,12-13H2,1-2H3,(H,26,27)/b18-11+. The Labute approximate surface area is 190 Å². The fourth-order valence-electron chi connectivity index (χ4n) is 3.42. The molecule has 10 heteroatoms. The summed E-state index contributed by atoms with van der Waals surface area (Å²) in [5.41, 5.74) is 0.581. The monoisotopic (exact) mass is 462 g/mol. The number of amides is 3. The second-order valence-corrected chi connectivity index (χ2v) is 8.65. The number of hydrogen-bond donors (Lipinski definition) is 1. The number of carbonyl (C=O) groups excluding carboxylic acids is 3. The van der Waals surface area contributed by atoms with Gasteiger partial charge in [-0.3, -0.25) is 19.3 Å². The first-order valence-electron chi connectivity index (χ1n) is 10.4. The summed E-state index contributed by atoms with van der Waals surface area (Å²) >= 11 is 0.781. The number of ether oxygens (including phenoxy) is 2. The van der Waals surface area contributed by atoms with Gasteiger partial charge in [-0.25, -0.2) is 4.79 Å². The first kappa shape index (κ1) is 23.6. The third-order valence-corrected chi connectivity index (χ3v) is 6.13. The average Bonchev–Trinajstić information content (AvgIpc) is 3.01. The second-order valence-electron chi connectivity index (χ2n) is 7.65. The normalized spacial score (nSPS) is 18.4. The molecule has 1 aromatic carbocycles. The number of rotatable bonds is 8. The zero-order valence-electron chi connectivity index (χ0n) is 18.0. The number of carboxylic acid groups (broad SMARTS) is 1. The van der Waals surface area contributed by atoms with Crippen LogP contribution in [0.4, 0.5) is 4.79 Å². The highest BCUT2D eigenvalue weighted by Crippen LogP contribution is 2.34. The molecule has 172 valence electrons. The number of benzene rings is 1. The summed E-state index contributed by atoms with van der Waals surface area (Å²) in [7, 11) is 0. The van der Waals surface area contributed by atoms with E-state index in [-0.39, 0.29) is 23.1 Å². The van der Waals surface area contributed by atoms with Gasteiger partial charge in [-0.05, 0) is 61.2 Å². The van der Waals surface area contributed by atoms with Crippen molar-refractivity contribution in [2.45, 2.75) is 26.7 Å². The van der Waals surface area contributed by atoms with E-state index >= 15 is 0 Å². The number of imide groups is 1. The Balaban J connectivity index is 1.71. The van der Waals surface area contributed by atoms with E-state index < -0.39 is 23.7 Å². The minimum Gasteiger partial charge on any atom is -0.490 e. The van der Waals surface area contributed by atoms with Crippen molar-refractivity contribution in [2.75, 3.05) is 32.8 Å². The zero-order chi connectivity index (χ0) is 23.3. The first-order chi connectivity index (χ1) is 15.3. The Kier molecular flexibility index (Phi) is 7.79. The van der Waals surface area contributed by atoms with Crippen molar-refractivity contribution in [2.24, 2.45) is 5.92 Å². The van der Waals surface area contributed by atoms with Crippen LogP contribution in [0.15, 0.2) is 23.1 Å². The average molecular weight is 463 g/mol. The number of thioether (sulfide) groups is 1. The van der Waals surface area contributed by atoms with Crippen LogP contribution in [0.5, 0.6) is 11.5 Å². The lowest BCUT2D eigenvalue weighted by molar-refractivity contribution is -0.139. The van der Waals surface area contributed by atoms with E-state index in [4.69, 9.17) is 14.6 Å². The van der Waals surface area contributed by atoms with E-state index in [0.29, 0.717) is 36.9 Å². The molecule has 2 aliphatic rings. The Morgan fingerprint density at radius 2 is 1.91 bits per heavy atom. The SMILES string of the molecule is CCOc1cc(/C=C2/SC(=O)N(CC(=O)N3CCC(C)CC3)C2=O)ccc1OCC(=O)O. The molecule has 0 radical (unpaired) electrons. The molecule has 3 rings (SSSR count). The third-order valence-electron chi connectivity index (χ3n) is 5.22. The largest absolute Gasteiger partial charge is 0.490 e. The van der Waals surface area contributed by atoms with Crippen LogP contribution in [-0.2, 0) is 14.4 Å². The molecular weight excluding hydrogens is 436 g/mol. The fourth-order valence-corrected chi connectivity index (χ4v) is 4.26. The highest BCUT2D eigenvalue weighted by atomic mass is 32.2. The van der Waals surface area contributed by atoms with E-state index in [1.807, 2.05) is 0 Å². The van der Waals surface area contributed by atoms with Crippen molar-refractivity contribution >= 4 is 40.9 Å². The van der Waals surface area contributed by atoms with Crippen molar-refractivity contribution in [1.29, 1.82) is 0 Å². The molecule has 0 aliphatic carbocycles. The molecule has 0 saturated carbocycles. The van der Waals surface area contributed by atoms with Crippen molar-refractivity contribution < 1.29 is 33.8 Å². The van der Waals surface area contributed by atoms with Crippen LogP contribution < -0.4 is 9.47 Å². The molecule has 2 fully saturated rings. The molecule has 9 nitrogen and oxygen atoms in total. The maximum Gasteiger partial charge on any atom is 0.341 e. The van der Waals surface area contributed by atoms with E-state index in [1.165, 1.54) is 0 Å². The van der Waals surface area contributed by atoms with Crippen LogP contribution in [0, 0.1) is 5.92 Å². The number of carbonyl (C=O) groups is 4. The van der Waals surface area contributed by atoms with Gasteiger partial charge in [0.05, 0.1) is 11.5 Å². The van der Waals surface area contributed by atoms with Gasteiger partial charge in [0.2, 0.25) is 5.91 Å².